The van der Waals surface area contributed by atoms with Crippen LogP contribution >= 0.6 is 0 Å². The van der Waals surface area contributed by atoms with Crippen LogP contribution in [0.1, 0.15) is 72.7 Å². The molecule has 1 aliphatic heterocycles. The van der Waals surface area contributed by atoms with Crippen LogP contribution in [0.25, 0.3) is 16.9 Å². The second kappa shape index (κ2) is 8.30. The Bertz CT molecular complexity index is 1560. The van der Waals surface area contributed by atoms with Crippen molar-refractivity contribution in [3.8, 4) is 11.3 Å². The van der Waals surface area contributed by atoms with Gasteiger partial charge in [-0.2, -0.15) is 5.10 Å². The van der Waals surface area contributed by atoms with Crippen molar-refractivity contribution in [3.63, 3.8) is 0 Å². The zero-order chi connectivity index (χ0) is 24.4. The first-order chi connectivity index (χ1) is 17.5. The van der Waals surface area contributed by atoms with E-state index in [1.807, 2.05) is 10.9 Å². The number of halogens is 2. The van der Waals surface area contributed by atoms with Gasteiger partial charge in [0.2, 0.25) is 0 Å². The fourth-order valence-electron chi connectivity index (χ4n) is 5.55. The van der Waals surface area contributed by atoms with E-state index in [1.165, 1.54) is 16.5 Å². The van der Waals surface area contributed by atoms with Crippen LogP contribution in [0.5, 0.6) is 0 Å². The van der Waals surface area contributed by atoms with Gasteiger partial charge in [0.05, 0.1) is 29.7 Å². The van der Waals surface area contributed by atoms with Gasteiger partial charge in [-0.3, -0.25) is 13.9 Å². The van der Waals surface area contributed by atoms with Crippen molar-refractivity contribution in [3.05, 3.63) is 81.3 Å². The maximum atomic E-state index is 14.9. The standard InChI is InChI=1S/C27H25F2N5O2/c28-17-4-7-19(21(29)11-17)25-26-32-22-3-1-2-20(22)27(35)33(26)14-23(31-25)15-8-9-36-24(10-15)16-12-30-34(13-16)18-5-6-18/h4,7,11-15,18,24H,1-3,5-6,8-10H2/t15-,24+/m0/s1. The molecule has 3 aromatic heterocycles. The molecular formula is C27H25F2N5O2. The van der Waals surface area contributed by atoms with Gasteiger partial charge in [0, 0.05) is 47.7 Å². The third kappa shape index (κ3) is 3.64. The number of hydrogen-bond acceptors (Lipinski definition) is 5. The third-order valence-corrected chi connectivity index (χ3v) is 7.65. The lowest BCUT2D eigenvalue weighted by Crippen LogP contribution is -2.24. The molecule has 0 N–H and O–H groups in total. The molecule has 0 bridgehead atoms. The van der Waals surface area contributed by atoms with Crippen LogP contribution in [0.2, 0.25) is 0 Å². The highest BCUT2D eigenvalue weighted by Gasteiger charge is 2.31. The van der Waals surface area contributed by atoms with Crippen LogP contribution in [0, 0.1) is 11.6 Å². The van der Waals surface area contributed by atoms with E-state index in [0.29, 0.717) is 48.8 Å². The molecule has 0 unspecified atom stereocenters. The van der Waals surface area contributed by atoms with Crippen molar-refractivity contribution in [2.24, 2.45) is 0 Å². The van der Waals surface area contributed by atoms with Gasteiger partial charge in [0.1, 0.15) is 17.3 Å². The maximum absolute atomic E-state index is 14.9. The molecule has 7 rings (SSSR count). The summed E-state index contributed by atoms with van der Waals surface area (Å²) in [5, 5.41) is 4.50. The van der Waals surface area contributed by atoms with Gasteiger partial charge in [-0.25, -0.2) is 18.7 Å². The van der Waals surface area contributed by atoms with Gasteiger partial charge in [-0.15, -0.1) is 0 Å². The topological polar surface area (TPSA) is 74.3 Å². The van der Waals surface area contributed by atoms with E-state index in [4.69, 9.17) is 14.7 Å². The quantitative estimate of drug-likeness (QED) is 0.416. The predicted octanol–water partition coefficient (Wildman–Crippen LogP) is 4.69. The van der Waals surface area contributed by atoms with Crippen LogP contribution in [0.15, 0.2) is 41.6 Å². The van der Waals surface area contributed by atoms with Crippen LogP contribution in [0.4, 0.5) is 8.78 Å². The van der Waals surface area contributed by atoms with Crippen molar-refractivity contribution in [1.82, 2.24) is 24.1 Å². The minimum absolute atomic E-state index is 0.000149. The molecule has 36 heavy (non-hydrogen) atoms. The highest BCUT2D eigenvalue weighted by molar-refractivity contribution is 5.74. The summed E-state index contributed by atoms with van der Waals surface area (Å²) in [5.41, 5.74) is 3.76. The van der Waals surface area contributed by atoms with E-state index in [2.05, 4.69) is 11.3 Å². The average molecular weight is 490 g/mol. The van der Waals surface area contributed by atoms with E-state index in [1.54, 1.807) is 6.20 Å². The largest absolute Gasteiger partial charge is 0.373 e. The smallest absolute Gasteiger partial charge is 0.261 e. The molecule has 7 nitrogen and oxygen atoms in total. The van der Waals surface area contributed by atoms with Gasteiger partial charge < -0.3 is 4.74 Å². The summed E-state index contributed by atoms with van der Waals surface area (Å²) in [6.45, 7) is 0.543. The first-order valence-corrected chi connectivity index (χ1v) is 12.6. The second-order valence-electron chi connectivity index (χ2n) is 10.1. The van der Waals surface area contributed by atoms with E-state index in [0.717, 1.165) is 43.0 Å². The van der Waals surface area contributed by atoms with Crippen molar-refractivity contribution in [2.75, 3.05) is 6.61 Å². The molecule has 4 aromatic rings. The summed E-state index contributed by atoms with van der Waals surface area (Å²) in [7, 11) is 0. The number of hydrogen-bond donors (Lipinski definition) is 0. The summed E-state index contributed by atoms with van der Waals surface area (Å²) in [5.74, 6) is -1.39. The summed E-state index contributed by atoms with van der Waals surface area (Å²) >= 11 is 0. The molecule has 4 heterocycles. The number of aromatic nitrogens is 5. The first-order valence-electron chi connectivity index (χ1n) is 12.6. The zero-order valence-corrected chi connectivity index (χ0v) is 19.7. The Morgan fingerprint density at radius 2 is 1.94 bits per heavy atom. The van der Waals surface area contributed by atoms with Crippen LogP contribution in [0.3, 0.4) is 0 Å². The number of aryl methyl sites for hydroxylation is 1. The minimum Gasteiger partial charge on any atom is -0.373 e. The fourth-order valence-corrected chi connectivity index (χ4v) is 5.55. The van der Waals surface area contributed by atoms with Gasteiger partial charge in [0.25, 0.3) is 5.56 Å². The molecular weight excluding hydrogens is 464 g/mol. The number of benzene rings is 1. The second-order valence-corrected chi connectivity index (χ2v) is 10.1. The average Bonchev–Trinajstić information content (AvgIpc) is 3.41. The van der Waals surface area contributed by atoms with Gasteiger partial charge in [-0.05, 0) is 57.1 Å². The first kappa shape index (κ1) is 21.8. The molecule has 3 aliphatic rings. The molecule has 184 valence electrons. The van der Waals surface area contributed by atoms with Crippen LogP contribution in [-0.2, 0) is 17.6 Å². The SMILES string of the molecule is O=c1c2c(nc3c(-c4ccc(F)cc4F)nc([C@H]4CCO[C@@H](c5cnn(C6CC6)c5)C4)cn13)CCC2. The Kier molecular flexibility index (Phi) is 5.02. The normalized spacial score (nSPS) is 21.7. The van der Waals surface area contributed by atoms with Gasteiger partial charge in [0.15, 0.2) is 5.65 Å². The number of ether oxygens (including phenoxy) is 1. The van der Waals surface area contributed by atoms with E-state index >= 15 is 0 Å². The fraction of sp³-hybridized carbons (Fsp3) is 0.407. The Labute approximate surface area is 205 Å². The molecule has 2 fully saturated rings. The Balaban J connectivity index is 1.34. The number of fused-ring (bicyclic) bond motifs is 2. The summed E-state index contributed by atoms with van der Waals surface area (Å²) in [6.07, 6.45) is 11.5. The monoisotopic (exact) mass is 489 g/mol. The Morgan fingerprint density at radius 3 is 2.78 bits per heavy atom. The summed E-state index contributed by atoms with van der Waals surface area (Å²) in [4.78, 5) is 23.0. The van der Waals surface area contributed by atoms with Crippen molar-refractivity contribution in [2.45, 2.75) is 63.0 Å². The van der Waals surface area contributed by atoms with Crippen molar-refractivity contribution in [1.29, 1.82) is 0 Å². The summed E-state index contributed by atoms with van der Waals surface area (Å²) < 4.78 is 38.3. The van der Waals surface area contributed by atoms with E-state index < -0.39 is 11.6 Å². The molecule has 2 aliphatic carbocycles. The molecule has 0 spiro atoms. The van der Waals surface area contributed by atoms with Gasteiger partial charge in [-0.1, -0.05) is 0 Å². The lowest BCUT2D eigenvalue weighted by atomic mass is 9.90. The predicted molar refractivity (Wildman–Crippen MR) is 128 cm³/mol. The highest BCUT2D eigenvalue weighted by atomic mass is 19.1. The summed E-state index contributed by atoms with van der Waals surface area (Å²) in [6, 6.07) is 3.91. The number of nitrogens with zero attached hydrogens (tertiary/aromatic N) is 5. The Morgan fingerprint density at radius 1 is 1.06 bits per heavy atom. The molecule has 0 amide bonds. The van der Waals surface area contributed by atoms with Crippen molar-refractivity contribution < 1.29 is 13.5 Å². The minimum atomic E-state index is -0.728. The third-order valence-electron chi connectivity index (χ3n) is 7.65. The molecule has 1 saturated carbocycles. The molecule has 2 atom stereocenters. The van der Waals surface area contributed by atoms with E-state index in [9.17, 15) is 13.6 Å². The molecule has 1 saturated heterocycles. The van der Waals surface area contributed by atoms with Crippen molar-refractivity contribution >= 4 is 5.65 Å². The molecule has 9 heteroatoms. The Hall–Kier alpha value is -3.46. The lowest BCUT2D eigenvalue weighted by molar-refractivity contribution is 0.00454. The zero-order valence-electron chi connectivity index (χ0n) is 19.7. The number of rotatable bonds is 4. The lowest BCUT2D eigenvalue weighted by Gasteiger charge is -2.29. The van der Waals surface area contributed by atoms with Crippen LogP contribution < -0.4 is 5.56 Å². The van der Waals surface area contributed by atoms with Crippen LogP contribution in [-0.4, -0.2) is 30.8 Å². The molecule has 0 radical (unpaired) electrons. The highest BCUT2D eigenvalue weighted by Crippen LogP contribution is 2.40. The maximum Gasteiger partial charge on any atom is 0.261 e. The molecule has 1 aromatic carbocycles. The van der Waals surface area contributed by atoms with Gasteiger partial charge >= 0.3 is 0 Å². The van der Waals surface area contributed by atoms with E-state index in [-0.39, 0.29) is 28.8 Å².